The predicted molar refractivity (Wildman–Crippen MR) is 90.0 cm³/mol. The minimum Gasteiger partial charge on any atom is -0.486 e. The molecule has 1 N–H and O–H groups in total. The van der Waals surface area contributed by atoms with Gasteiger partial charge in [0.15, 0.2) is 17.2 Å². The Labute approximate surface area is 144 Å². The normalized spacial score (nSPS) is 15.6. The van der Waals surface area contributed by atoms with Gasteiger partial charge in [0.1, 0.15) is 12.7 Å². The van der Waals surface area contributed by atoms with Gasteiger partial charge in [-0.3, -0.25) is 4.79 Å². The van der Waals surface area contributed by atoms with E-state index in [9.17, 15) is 4.79 Å². The number of aromatic nitrogens is 3. The number of hydrogen-bond donors (Lipinski definition) is 1. The van der Waals surface area contributed by atoms with E-state index in [0.717, 1.165) is 11.4 Å². The van der Waals surface area contributed by atoms with Gasteiger partial charge in [-0.25, -0.2) is 0 Å². The SMILES string of the molecule is O=C(NCC1COc2ccccc2O1)c1cnn(-c2ccccc2)n1. The molecule has 7 heteroatoms. The van der Waals surface area contributed by atoms with Crippen molar-refractivity contribution in [3.63, 3.8) is 0 Å². The Morgan fingerprint density at radius 2 is 1.88 bits per heavy atom. The molecule has 1 aliphatic heterocycles. The first-order valence-electron chi connectivity index (χ1n) is 7.94. The molecule has 25 heavy (non-hydrogen) atoms. The zero-order chi connectivity index (χ0) is 17.1. The van der Waals surface area contributed by atoms with Crippen LogP contribution in [0, 0.1) is 0 Å². The van der Waals surface area contributed by atoms with Crippen molar-refractivity contribution >= 4 is 5.91 Å². The van der Waals surface area contributed by atoms with Crippen LogP contribution in [0.2, 0.25) is 0 Å². The first-order valence-corrected chi connectivity index (χ1v) is 7.94. The molecule has 4 rings (SSSR count). The first kappa shape index (κ1) is 15.2. The second kappa shape index (κ2) is 6.64. The minimum atomic E-state index is -0.301. The summed E-state index contributed by atoms with van der Waals surface area (Å²) < 4.78 is 11.4. The number of fused-ring (bicyclic) bond motifs is 1. The summed E-state index contributed by atoms with van der Waals surface area (Å²) in [6.07, 6.45) is 1.19. The molecular weight excluding hydrogens is 320 g/mol. The van der Waals surface area contributed by atoms with E-state index in [2.05, 4.69) is 15.5 Å². The molecular formula is C18H16N4O3. The third kappa shape index (κ3) is 3.30. The van der Waals surface area contributed by atoms with Crippen LogP contribution in [-0.4, -0.2) is 40.2 Å². The smallest absolute Gasteiger partial charge is 0.273 e. The van der Waals surface area contributed by atoms with E-state index in [1.165, 1.54) is 11.0 Å². The summed E-state index contributed by atoms with van der Waals surface area (Å²) in [5.74, 6) is 1.10. The Bertz CT molecular complexity index is 879. The summed E-state index contributed by atoms with van der Waals surface area (Å²) in [5.41, 5.74) is 1.04. The van der Waals surface area contributed by atoms with Crippen molar-refractivity contribution in [1.29, 1.82) is 0 Å². The molecule has 0 fully saturated rings. The van der Waals surface area contributed by atoms with Crippen LogP contribution in [-0.2, 0) is 0 Å². The molecule has 1 atom stereocenters. The van der Waals surface area contributed by atoms with Crippen molar-refractivity contribution in [2.45, 2.75) is 6.10 Å². The summed E-state index contributed by atoms with van der Waals surface area (Å²) in [6, 6.07) is 16.9. The van der Waals surface area contributed by atoms with Gasteiger partial charge in [0, 0.05) is 0 Å². The maximum atomic E-state index is 12.3. The number of hydrogen-bond acceptors (Lipinski definition) is 5. The van der Waals surface area contributed by atoms with Crippen LogP contribution in [0.15, 0.2) is 60.8 Å². The molecule has 0 bridgehead atoms. The van der Waals surface area contributed by atoms with Crippen molar-refractivity contribution in [3.8, 4) is 17.2 Å². The van der Waals surface area contributed by atoms with Gasteiger partial charge in [-0.2, -0.15) is 9.90 Å². The Morgan fingerprint density at radius 1 is 1.12 bits per heavy atom. The first-order chi connectivity index (χ1) is 12.3. The summed E-state index contributed by atoms with van der Waals surface area (Å²) in [6.45, 7) is 0.708. The molecule has 126 valence electrons. The molecule has 1 aliphatic rings. The van der Waals surface area contributed by atoms with E-state index >= 15 is 0 Å². The lowest BCUT2D eigenvalue weighted by Crippen LogP contribution is -2.40. The van der Waals surface area contributed by atoms with Crippen LogP contribution in [0.5, 0.6) is 11.5 Å². The predicted octanol–water partition coefficient (Wildman–Crippen LogP) is 1.84. The van der Waals surface area contributed by atoms with E-state index in [-0.39, 0.29) is 17.7 Å². The second-order valence-corrected chi connectivity index (χ2v) is 5.56. The van der Waals surface area contributed by atoms with Crippen LogP contribution >= 0.6 is 0 Å². The topological polar surface area (TPSA) is 78.3 Å². The van der Waals surface area contributed by atoms with Gasteiger partial charge in [0.25, 0.3) is 5.91 Å². The molecule has 0 spiro atoms. The van der Waals surface area contributed by atoms with E-state index in [0.29, 0.717) is 18.9 Å². The van der Waals surface area contributed by atoms with Crippen molar-refractivity contribution in [2.24, 2.45) is 0 Å². The Balaban J connectivity index is 1.36. The molecule has 0 aliphatic carbocycles. The minimum absolute atomic E-state index is 0.247. The summed E-state index contributed by atoms with van der Waals surface area (Å²) in [7, 11) is 0. The second-order valence-electron chi connectivity index (χ2n) is 5.56. The lowest BCUT2D eigenvalue weighted by Gasteiger charge is -2.26. The van der Waals surface area contributed by atoms with Crippen molar-refractivity contribution < 1.29 is 14.3 Å². The fourth-order valence-electron chi connectivity index (χ4n) is 2.51. The fraction of sp³-hybridized carbons (Fsp3) is 0.167. The lowest BCUT2D eigenvalue weighted by atomic mass is 10.2. The number of benzene rings is 2. The number of carbonyl (C=O) groups excluding carboxylic acids is 1. The summed E-state index contributed by atoms with van der Waals surface area (Å²) in [5, 5.41) is 11.1. The van der Waals surface area contributed by atoms with Crippen LogP contribution in [0.4, 0.5) is 0 Å². The largest absolute Gasteiger partial charge is 0.486 e. The van der Waals surface area contributed by atoms with Gasteiger partial charge in [-0.15, -0.1) is 5.10 Å². The van der Waals surface area contributed by atoms with Crippen LogP contribution in [0.1, 0.15) is 10.5 Å². The van der Waals surface area contributed by atoms with Gasteiger partial charge in [0.2, 0.25) is 0 Å². The fourth-order valence-corrected chi connectivity index (χ4v) is 2.51. The molecule has 7 nitrogen and oxygen atoms in total. The molecule has 3 aromatic rings. The number of rotatable bonds is 4. The lowest BCUT2D eigenvalue weighted by molar-refractivity contribution is 0.0786. The molecule has 1 aromatic heterocycles. The van der Waals surface area contributed by atoms with Gasteiger partial charge in [0.05, 0.1) is 18.4 Å². The van der Waals surface area contributed by atoms with Crippen molar-refractivity contribution in [3.05, 3.63) is 66.5 Å². The maximum Gasteiger partial charge on any atom is 0.273 e. The van der Waals surface area contributed by atoms with Gasteiger partial charge in [-0.1, -0.05) is 30.3 Å². The van der Waals surface area contributed by atoms with E-state index in [1.54, 1.807) is 0 Å². The number of ether oxygens (including phenoxy) is 2. The molecule has 1 unspecified atom stereocenters. The van der Waals surface area contributed by atoms with E-state index in [1.807, 2.05) is 54.6 Å². The highest BCUT2D eigenvalue weighted by Crippen LogP contribution is 2.30. The molecule has 0 radical (unpaired) electrons. The number of nitrogens with zero attached hydrogens (tertiary/aromatic N) is 3. The van der Waals surface area contributed by atoms with Crippen LogP contribution in [0.25, 0.3) is 5.69 Å². The van der Waals surface area contributed by atoms with E-state index < -0.39 is 0 Å². The van der Waals surface area contributed by atoms with Crippen LogP contribution < -0.4 is 14.8 Å². The highest BCUT2D eigenvalue weighted by Gasteiger charge is 2.22. The van der Waals surface area contributed by atoms with Gasteiger partial charge in [-0.05, 0) is 24.3 Å². The van der Waals surface area contributed by atoms with Crippen LogP contribution in [0.3, 0.4) is 0 Å². The molecule has 1 amide bonds. The van der Waals surface area contributed by atoms with Crippen molar-refractivity contribution in [1.82, 2.24) is 20.3 Å². The number of para-hydroxylation sites is 3. The average Bonchev–Trinajstić information content (AvgIpc) is 3.17. The Morgan fingerprint density at radius 3 is 2.72 bits per heavy atom. The maximum absolute atomic E-state index is 12.3. The monoisotopic (exact) mass is 336 g/mol. The quantitative estimate of drug-likeness (QED) is 0.786. The number of amides is 1. The highest BCUT2D eigenvalue weighted by molar-refractivity contribution is 5.91. The molecule has 2 heterocycles. The van der Waals surface area contributed by atoms with Gasteiger partial charge < -0.3 is 14.8 Å². The van der Waals surface area contributed by atoms with E-state index in [4.69, 9.17) is 9.47 Å². The molecule has 0 saturated carbocycles. The summed E-state index contributed by atoms with van der Waals surface area (Å²) in [4.78, 5) is 13.7. The van der Waals surface area contributed by atoms with Gasteiger partial charge >= 0.3 is 0 Å². The zero-order valence-corrected chi connectivity index (χ0v) is 13.3. The average molecular weight is 336 g/mol. The zero-order valence-electron chi connectivity index (χ0n) is 13.3. The Hall–Kier alpha value is -3.35. The third-order valence-electron chi connectivity index (χ3n) is 3.77. The number of carbonyl (C=O) groups is 1. The highest BCUT2D eigenvalue weighted by atomic mass is 16.6. The Kier molecular flexibility index (Phi) is 4.04. The molecule has 0 saturated heterocycles. The van der Waals surface area contributed by atoms with Crippen molar-refractivity contribution in [2.75, 3.05) is 13.2 Å². The number of nitrogens with one attached hydrogen (secondary N) is 1. The third-order valence-corrected chi connectivity index (χ3v) is 3.77. The molecule has 2 aromatic carbocycles. The summed E-state index contributed by atoms with van der Waals surface area (Å²) >= 11 is 0. The standard InChI is InChI=1S/C18H16N4O3/c23-18(15-11-20-22(21-15)13-6-2-1-3-7-13)19-10-14-12-24-16-8-4-5-9-17(16)25-14/h1-9,11,14H,10,12H2,(H,19,23).